The fraction of sp³-hybridized carbons (Fsp3) is 0.419. The second-order valence-corrected chi connectivity index (χ2v) is 10.9. The maximum Gasteiger partial charge on any atom is 0.291 e. The SMILES string of the molecule is CC[C@@H](Nc1c(Nc2cccc(C(=O)N(C)C)c2O)c(=O)n(C2CCCCC2)[nH]c1=O)C(=O)NC(C)c1ccccc1. The number of benzene rings is 2. The molecule has 1 aliphatic carbocycles. The Bertz CT molecular complexity index is 1530. The molecule has 1 saturated carbocycles. The van der Waals surface area contributed by atoms with Crippen LogP contribution in [0.1, 0.15) is 80.4 Å². The summed E-state index contributed by atoms with van der Waals surface area (Å²) in [4.78, 5) is 54.7. The minimum Gasteiger partial charge on any atom is -0.505 e. The zero-order valence-corrected chi connectivity index (χ0v) is 24.6. The summed E-state index contributed by atoms with van der Waals surface area (Å²) in [7, 11) is 3.14. The largest absolute Gasteiger partial charge is 0.505 e. The third-order valence-corrected chi connectivity index (χ3v) is 7.71. The van der Waals surface area contributed by atoms with Gasteiger partial charge in [-0.25, -0.2) is 4.68 Å². The molecule has 1 unspecified atom stereocenters. The van der Waals surface area contributed by atoms with E-state index in [0.29, 0.717) is 6.42 Å². The maximum absolute atomic E-state index is 13.9. The lowest BCUT2D eigenvalue weighted by Crippen LogP contribution is -2.43. The van der Waals surface area contributed by atoms with Crippen molar-refractivity contribution >= 4 is 28.9 Å². The molecule has 0 bridgehead atoms. The van der Waals surface area contributed by atoms with Gasteiger partial charge in [-0.15, -0.1) is 0 Å². The Kier molecular flexibility index (Phi) is 9.72. The lowest BCUT2D eigenvalue weighted by molar-refractivity contribution is -0.122. The predicted molar refractivity (Wildman–Crippen MR) is 164 cm³/mol. The first-order valence-electron chi connectivity index (χ1n) is 14.4. The van der Waals surface area contributed by atoms with E-state index in [1.807, 2.05) is 37.3 Å². The fourth-order valence-electron chi connectivity index (χ4n) is 5.27. The molecule has 42 heavy (non-hydrogen) atoms. The number of phenols is 1. The van der Waals surface area contributed by atoms with Gasteiger partial charge >= 0.3 is 0 Å². The quantitative estimate of drug-likeness (QED) is 0.227. The van der Waals surface area contributed by atoms with Gasteiger partial charge in [0.1, 0.15) is 17.4 Å². The zero-order chi connectivity index (χ0) is 30.4. The van der Waals surface area contributed by atoms with Crippen LogP contribution in [0.25, 0.3) is 0 Å². The van der Waals surface area contributed by atoms with Gasteiger partial charge < -0.3 is 26.0 Å². The molecule has 1 fully saturated rings. The molecule has 0 spiro atoms. The van der Waals surface area contributed by atoms with Crippen LogP contribution in [0.2, 0.25) is 0 Å². The highest BCUT2D eigenvalue weighted by atomic mass is 16.3. The molecular weight excluding hydrogens is 536 g/mol. The van der Waals surface area contributed by atoms with Gasteiger partial charge in [0.05, 0.1) is 23.3 Å². The minimum absolute atomic E-state index is 0.0395. The van der Waals surface area contributed by atoms with E-state index in [9.17, 15) is 24.3 Å². The molecule has 224 valence electrons. The molecule has 1 aromatic heterocycles. The average Bonchev–Trinajstić information content (AvgIpc) is 2.99. The highest BCUT2D eigenvalue weighted by Crippen LogP contribution is 2.32. The summed E-state index contributed by atoms with van der Waals surface area (Å²) in [5, 5.41) is 22.6. The van der Waals surface area contributed by atoms with Gasteiger partial charge in [0.15, 0.2) is 5.75 Å². The molecule has 5 N–H and O–H groups in total. The number of nitrogens with zero attached hydrogens (tertiary/aromatic N) is 2. The smallest absolute Gasteiger partial charge is 0.291 e. The lowest BCUT2D eigenvalue weighted by Gasteiger charge is -2.26. The van der Waals surface area contributed by atoms with E-state index in [-0.39, 0.29) is 46.4 Å². The number of aromatic nitrogens is 2. The molecule has 2 atom stereocenters. The van der Waals surface area contributed by atoms with Crippen molar-refractivity contribution < 1.29 is 14.7 Å². The molecule has 3 aromatic rings. The summed E-state index contributed by atoms with van der Waals surface area (Å²) in [5.74, 6) is -1.11. The topological polar surface area (TPSA) is 149 Å². The Morgan fingerprint density at radius 2 is 1.71 bits per heavy atom. The van der Waals surface area contributed by atoms with Crippen LogP contribution in [-0.2, 0) is 4.79 Å². The predicted octanol–water partition coefficient (Wildman–Crippen LogP) is 4.26. The van der Waals surface area contributed by atoms with Gasteiger partial charge in [0, 0.05) is 14.1 Å². The van der Waals surface area contributed by atoms with Crippen molar-refractivity contribution in [3.8, 4) is 5.75 Å². The van der Waals surface area contributed by atoms with Gasteiger partial charge in [-0.05, 0) is 43.9 Å². The molecule has 11 heteroatoms. The van der Waals surface area contributed by atoms with Crippen molar-refractivity contribution in [3.05, 3.63) is 80.4 Å². The number of anilines is 3. The first-order valence-corrected chi connectivity index (χ1v) is 14.4. The maximum atomic E-state index is 13.9. The molecule has 2 aromatic carbocycles. The number of rotatable bonds is 10. The Labute approximate surface area is 244 Å². The van der Waals surface area contributed by atoms with Gasteiger partial charge in [-0.2, -0.15) is 0 Å². The van der Waals surface area contributed by atoms with E-state index in [1.54, 1.807) is 27.1 Å². The van der Waals surface area contributed by atoms with E-state index in [1.165, 1.54) is 21.7 Å². The normalized spacial score (nSPS) is 15.0. The van der Waals surface area contributed by atoms with Crippen molar-refractivity contribution in [2.45, 2.75) is 70.5 Å². The van der Waals surface area contributed by atoms with Crippen LogP contribution in [0.5, 0.6) is 5.75 Å². The molecule has 1 aliphatic rings. The number of hydrogen-bond donors (Lipinski definition) is 5. The van der Waals surface area contributed by atoms with Gasteiger partial charge in [0.2, 0.25) is 5.91 Å². The number of phenolic OH excluding ortho intramolecular Hbond substituents is 1. The van der Waals surface area contributed by atoms with Crippen LogP contribution >= 0.6 is 0 Å². The number of amides is 2. The standard InChI is InChI=1S/C31H40N6O5/c1-5-23(28(39)32-19(2)20-13-8-6-9-14-20)33-25-26(31(42)37(35-29(25)40)21-15-10-7-11-16-21)34-24-18-12-17-22(27(24)38)30(41)36(3)4/h6,8-9,12-14,17-19,21,23,33-34,38H,5,7,10-11,15-16H2,1-4H3,(H,32,39)(H,35,40)/t19?,23-/m1/s1. The molecule has 0 saturated heterocycles. The molecular formula is C31H40N6O5. The average molecular weight is 577 g/mol. The third kappa shape index (κ3) is 6.67. The van der Waals surface area contributed by atoms with E-state index in [4.69, 9.17) is 0 Å². The summed E-state index contributed by atoms with van der Waals surface area (Å²) in [6.07, 6.45) is 4.77. The molecule has 4 rings (SSSR count). The number of H-pyrrole nitrogens is 1. The minimum atomic E-state index is -0.835. The van der Waals surface area contributed by atoms with E-state index < -0.39 is 23.1 Å². The third-order valence-electron chi connectivity index (χ3n) is 7.71. The molecule has 2 amide bonds. The molecule has 11 nitrogen and oxygen atoms in total. The monoisotopic (exact) mass is 576 g/mol. The fourth-order valence-corrected chi connectivity index (χ4v) is 5.27. The first-order chi connectivity index (χ1) is 20.1. The Balaban J connectivity index is 1.73. The van der Waals surface area contributed by atoms with Crippen LogP contribution in [-0.4, -0.2) is 51.7 Å². The van der Waals surface area contributed by atoms with Crippen molar-refractivity contribution in [2.75, 3.05) is 24.7 Å². The van der Waals surface area contributed by atoms with Crippen molar-refractivity contribution in [1.82, 2.24) is 20.0 Å². The summed E-state index contributed by atoms with van der Waals surface area (Å²) in [6, 6.07) is 12.8. The number of carbonyl (C=O) groups is 2. The van der Waals surface area contributed by atoms with E-state index in [2.05, 4.69) is 21.0 Å². The second-order valence-electron chi connectivity index (χ2n) is 10.9. The summed E-state index contributed by atoms with van der Waals surface area (Å²) < 4.78 is 1.35. The number of nitrogens with one attached hydrogen (secondary N) is 4. The van der Waals surface area contributed by atoms with E-state index >= 15 is 0 Å². The molecule has 0 radical (unpaired) electrons. The summed E-state index contributed by atoms with van der Waals surface area (Å²) in [6.45, 7) is 3.67. The van der Waals surface area contributed by atoms with Gasteiger partial charge in [-0.3, -0.25) is 24.3 Å². The summed E-state index contributed by atoms with van der Waals surface area (Å²) >= 11 is 0. The Morgan fingerprint density at radius 1 is 1.02 bits per heavy atom. The van der Waals surface area contributed by atoms with Crippen molar-refractivity contribution in [1.29, 1.82) is 0 Å². The molecule has 1 heterocycles. The first kappa shape index (κ1) is 30.4. The van der Waals surface area contributed by atoms with Crippen molar-refractivity contribution in [3.63, 3.8) is 0 Å². The number of hydrogen-bond acceptors (Lipinski definition) is 7. The van der Waals surface area contributed by atoms with Gasteiger partial charge in [0.25, 0.3) is 17.0 Å². The number of aromatic hydroxyl groups is 1. The van der Waals surface area contributed by atoms with Crippen LogP contribution in [0, 0.1) is 0 Å². The summed E-state index contributed by atoms with van der Waals surface area (Å²) in [5.41, 5.74) is -0.262. The van der Waals surface area contributed by atoms with Crippen LogP contribution in [0.4, 0.5) is 17.1 Å². The Hall–Kier alpha value is -4.54. The van der Waals surface area contributed by atoms with Crippen molar-refractivity contribution in [2.24, 2.45) is 0 Å². The number of para-hydroxylation sites is 1. The number of carbonyl (C=O) groups excluding carboxylic acids is 2. The zero-order valence-electron chi connectivity index (χ0n) is 24.6. The second kappa shape index (κ2) is 13.4. The highest BCUT2D eigenvalue weighted by Gasteiger charge is 2.27. The highest BCUT2D eigenvalue weighted by molar-refractivity contribution is 5.99. The van der Waals surface area contributed by atoms with E-state index in [0.717, 1.165) is 37.7 Å². The van der Waals surface area contributed by atoms with Crippen LogP contribution in [0.3, 0.4) is 0 Å². The Morgan fingerprint density at radius 3 is 2.36 bits per heavy atom. The lowest BCUT2D eigenvalue weighted by atomic mass is 9.95. The molecule has 0 aliphatic heterocycles. The van der Waals surface area contributed by atoms with Gasteiger partial charge in [-0.1, -0.05) is 62.6 Å². The number of aromatic amines is 1. The van der Waals surface area contributed by atoms with Crippen LogP contribution < -0.4 is 27.1 Å². The van der Waals surface area contributed by atoms with Crippen LogP contribution in [0.15, 0.2) is 58.1 Å².